The van der Waals surface area contributed by atoms with Crippen LogP contribution in [0.25, 0.3) is 0 Å². The third kappa shape index (κ3) is 9.76. The lowest BCUT2D eigenvalue weighted by molar-refractivity contribution is -0.407. The number of rotatable bonds is 13. The molecular formula is C54H88O24. The van der Waals surface area contributed by atoms with Crippen molar-refractivity contribution in [1.29, 1.82) is 0 Å². The van der Waals surface area contributed by atoms with E-state index in [2.05, 4.69) is 54.5 Å². The number of aliphatic hydroxyl groups excluding tert-OH is 14. The van der Waals surface area contributed by atoms with Crippen molar-refractivity contribution in [3.63, 3.8) is 0 Å². The first-order valence-electron chi connectivity index (χ1n) is 27.9. The summed E-state index contributed by atoms with van der Waals surface area (Å²) in [6, 6.07) is 0. The first-order valence-corrected chi connectivity index (χ1v) is 27.9. The molecule has 0 bridgehead atoms. The summed E-state index contributed by atoms with van der Waals surface area (Å²) in [6.07, 6.45) is -31.4. The van der Waals surface area contributed by atoms with Crippen LogP contribution < -0.4 is 0 Å². The number of carboxylic acid groups (broad SMARTS) is 1. The molecule has 78 heavy (non-hydrogen) atoms. The molecule has 0 radical (unpaired) electrons. The van der Waals surface area contributed by atoms with Gasteiger partial charge in [-0.05, 0) is 103 Å². The number of aliphatic hydroxyl groups is 14. The van der Waals surface area contributed by atoms with Crippen LogP contribution in [0.3, 0.4) is 0 Å². The summed E-state index contributed by atoms with van der Waals surface area (Å²) in [6.45, 7) is 12.9. The lowest BCUT2D eigenvalue weighted by atomic mass is 9.33. The third-order valence-electron chi connectivity index (χ3n) is 21.6. The van der Waals surface area contributed by atoms with Crippen molar-refractivity contribution in [1.82, 2.24) is 0 Å². The minimum absolute atomic E-state index is 0.0248. The smallest absolute Gasteiger partial charge is 0.335 e. The van der Waals surface area contributed by atoms with Gasteiger partial charge in [-0.1, -0.05) is 60.1 Å². The molecule has 9 aliphatic rings. The molecule has 0 aromatic rings. The number of hydrogen-bond donors (Lipinski definition) is 15. The second-order valence-corrected chi connectivity index (χ2v) is 26.5. The summed E-state index contributed by atoms with van der Waals surface area (Å²) < 4.78 is 48.8. The van der Waals surface area contributed by atoms with E-state index in [9.17, 15) is 81.4 Å². The average molecular weight is 1120 g/mol. The number of hydrogen-bond acceptors (Lipinski definition) is 23. The lowest BCUT2D eigenvalue weighted by Gasteiger charge is -2.72. The SMILES string of the molecule is CC1(C)CC[C@]2(CO)[C@H](O)C[C@]3(C)C(=CC[C@@H]4[C@@]5(C)CC[C@H](O[C@@H]6O[C@H](C(=O)O)[C@@H](O)[C@H](O[C@@H]7O[C@H](CO)[C@H](O)[C@H](O)[C@H]7O[C@@H]7O[C@H](CO)[C@@H](O)[C@H](O)[C@H]7O)[C@H]6O[C@@H]6O[C@H](CO)[C@H](O)[C@H](O)[C@H]6O)C(C)(C)[C@@H]5CC[C@]43C)[C@@H]2C1. The molecule has 4 saturated carbocycles. The van der Waals surface area contributed by atoms with Crippen molar-refractivity contribution in [2.45, 2.75) is 241 Å². The monoisotopic (exact) mass is 1120 g/mol. The highest BCUT2D eigenvalue weighted by Crippen LogP contribution is 2.76. The minimum atomic E-state index is -2.27. The van der Waals surface area contributed by atoms with Crippen molar-refractivity contribution >= 4 is 5.97 Å². The van der Waals surface area contributed by atoms with E-state index in [1.807, 2.05) is 0 Å². The molecule has 0 aromatic carbocycles. The van der Waals surface area contributed by atoms with E-state index in [1.165, 1.54) is 5.57 Å². The first-order chi connectivity index (χ1) is 36.5. The Morgan fingerprint density at radius 1 is 0.551 bits per heavy atom. The molecule has 15 N–H and O–H groups in total. The molecule has 9 rings (SSSR count). The Balaban J connectivity index is 1.05. The van der Waals surface area contributed by atoms with Gasteiger partial charge in [-0.3, -0.25) is 0 Å². The van der Waals surface area contributed by atoms with E-state index in [1.54, 1.807) is 0 Å². The van der Waals surface area contributed by atoms with E-state index >= 15 is 0 Å². The molecule has 8 fully saturated rings. The van der Waals surface area contributed by atoms with Crippen LogP contribution in [0.2, 0.25) is 0 Å². The average Bonchev–Trinajstić information content (AvgIpc) is 3.34. The zero-order chi connectivity index (χ0) is 57.1. The Kier molecular flexibility index (Phi) is 17.2. The van der Waals surface area contributed by atoms with Gasteiger partial charge in [-0.15, -0.1) is 0 Å². The summed E-state index contributed by atoms with van der Waals surface area (Å²) in [4.78, 5) is 13.1. The largest absolute Gasteiger partial charge is 0.479 e. The van der Waals surface area contributed by atoms with Gasteiger partial charge in [0.1, 0.15) is 91.6 Å². The maximum atomic E-state index is 13.1. The number of carboxylic acids is 1. The second-order valence-electron chi connectivity index (χ2n) is 26.5. The van der Waals surface area contributed by atoms with Gasteiger partial charge < -0.3 is 114 Å². The normalized spacial score (nSPS) is 53.9. The summed E-state index contributed by atoms with van der Waals surface area (Å²) >= 11 is 0. The predicted octanol–water partition coefficient (Wildman–Crippen LogP) is -2.50. The predicted molar refractivity (Wildman–Crippen MR) is 265 cm³/mol. The van der Waals surface area contributed by atoms with Gasteiger partial charge in [0.2, 0.25) is 0 Å². The minimum Gasteiger partial charge on any atom is -0.479 e. The van der Waals surface area contributed by atoms with Crippen molar-refractivity contribution in [3.05, 3.63) is 11.6 Å². The highest BCUT2D eigenvalue weighted by Gasteiger charge is 2.71. The fraction of sp³-hybridized carbons (Fsp3) is 0.944. The molecule has 448 valence electrons. The molecule has 0 aromatic heterocycles. The van der Waals surface area contributed by atoms with Gasteiger partial charge in [0.25, 0.3) is 0 Å². The van der Waals surface area contributed by atoms with E-state index in [0.29, 0.717) is 19.3 Å². The zero-order valence-electron chi connectivity index (χ0n) is 45.6. The van der Waals surface area contributed by atoms with Gasteiger partial charge in [0.15, 0.2) is 31.3 Å². The van der Waals surface area contributed by atoms with Gasteiger partial charge in [0.05, 0.1) is 38.6 Å². The van der Waals surface area contributed by atoms with Gasteiger partial charge >= 0.3 is 5.97 Å². The van der Waals surface area contributed by atoms with Crippen molar-refractivity contribution in [3.8, 4) is 0 Å². The number of carbonyl (C=O) groups is 1. The standard InChI is InChI=1S/C54H88O24/c1-49(2)14-15-54(21-58)23(16-49)22-8-9-28-51(5)12-11-30(50(3,4)27(51)10-13-52(28,6)53(22,7)17-29(54)59)74-48-43(78-46-38(67)35(64)32(61)25(19-56)72-46)40(39(68)41(76-48)44(69)70)75-47-42(36(65)33(62)26(20-57)73-47)77-45-37(66)34(63)31(60)24(18-55)71-45/h8,23-43,45-48,55-68H,9-21H2,1-7H3,(H,69,70)/t23-,24+,25+,26+,27-,28+,29+,30-,31+,32-,33-,34-,35-,36-,37+,38+,39-,40-,41-,42+,43+,45-,46-,47-,48+,51-,52+,53+,54+/m0/s1. The highest BCUT2D eigenvalue weighted by atomic mass is 16.8. The molecule has 0 spiro atoms. The van der Waals surface area contributed by atoms with E-state index < -0.39 is 172 Å². The summed E-state index contributed by atoms with van der Waals surface area (Å²) in [7, 11) is 0. The fourth-order valence-corrected chi connectivity index (χ4v) is 16.7. The Morgan fingerprint density at radius 3 is 1.63 bits per heavy atom. The number of fused-ring (bicyclic) bond motifs is 7. The van der Waals surface area contributed by atoms with Crippen LogP contribution in [-0.2, 0) is 42.7 Å². The van der Waals surface area contributed by atoms with Crippen LogP contribution in [0.1, 0.15) is 106 Å². The Morgan fingerprint density at radius 2 is 1.08 bits per heavy atom. The molecular weight excluding hydrogens is 1030 g/mol. The van der Waals surface area contributed by atoms with Crippen LogP contribution in [0.5, 0.6) is 0 Å². The van der Waals surface area contributed by atoms with Crippen LogP contribution in [-0.4, -0.2) is 244 Å². The molecule has 24 heteroatoms. The number of aliphatic carboxylic acids is 1. The number of ether oxygens (including phenoxy) is 8. The second kappa shape index (κ2) is 22.1. The topological polar surface area (TPSA) is 394 Å². The highest BCUT2D eigenvalue weighted by molar-refractivity contribution is 5.73. The van der Waals surface area contributed by atoms with E-state index in [-0.39, 0.29) is 46.0 Å². The van der Waals surface area contributed by atoms with Crippen molar-refractivity contribution < 1.29 is 119 Å². The molecule has 0 unspecified atom stereocenters. The van der Waals surface area contributed by atoms with Crippen LogP contribution >= 0.6 is 0 Å². The zero-order valence-corrected chi connectivity index (χ0v) is 45.6. The molecule has 5 aliphatic carbocycles. The quantitative estimate of drug-likeness (QED) is 0.0670. The third-order valence-corrected chi connectivity index (χ3v) is 21.6. The summed E-state index contributed by atoms with van der Waals surface area (Å²) in [5.74, 6) is -1.57. The maximum Gasteiger partial charge on any atom is 0.335 e. The van der Waals surface area contributed by atoms with Crippen molar-refractivity contribution in [2.24, 2.45) is 50.2 Å². The van der Waals surface area contributed by atoms with Gasteiger partial charge in [0, 0.05) is 5.41 Å². The molecule has 4 heterocycles. The first kappa shape index (κ1) is 60.9. The van der Waals surface area contributed by atoms with Crippen LogP contribution in [0.15, 0.2) is 11.6 Å². The van der Waals surface area contributed by atoms with Gasteiger partial charge in [-0.2, -0.15) is 0 Å². The van der Waals surface area contributed by atoms with E-state index in [4.69, 9.17) is 37.9 Å². The number of allylic oxidation sites excluding steroid dienone is 2. The Hall–Kier alpha value is -1.67. The van der Waals surface area contributed by atoms with Crippen LogP contribution in [0, 0.1) is 50.2 Å². The molecule has 29 atom stereocenters. The fourth-order valence-electron chi connectivity index (χ4n) is 16.7. The Bertz CT molecular complexity index is 2150. The maximum absolute atomic E-state index is 13.1. The Labute approximate surface area is 453 Å². The lowest BCUT2D eigenvalue weighted by Crippen LogP contribution is -2.69. The molecule has 24 nitrogen and oxygen atoms in total. The van der Waals surface area contributed by atoms with Crippen molar-refractivity contribution in [2.75, 3.05) is 26.4 Å². The molecule has 0 amide bonds. The van der Waals surface area contributed by atoms with E-state index in [0.717, 1.165) is 38.5 Å². The molecule has 4 aliphatic heterocycles. The summed E-state index contributed by atoms with van der Waals surface area (Å²) in [5, 5.41) is 164. The van der Waals surface area contributed by atoms with Gasteiger partial charge in [-0.25, -0.2) is 4.79 Å². The molecule has 4 saturated heterocycles. The summed E-state index contributed by atoms with van der Waals surface area (Å²) in [5.41, 5.74) is -0.887. The van der Waals surface area contributed by atoms with Crippen LogP contribution in [0.4, 0.5) is 0 Å².